The summed E-state index contributed by atoms with van der Waals surface area (Å²) >= 11 is 7.03. The summed E-state index contributed by atoms with van der Waals surface area (Å²) in [5.74, 6) is 0.518. The fraction of sp³-hybridized carbons (Fsp3) is 0.190. The largest absolute Gasteiger partial charge is 0.490 e. The minimum atomic E-state index is -0.389. The van der Waals surface area contributed by atoms with Crippen molar-refractivity contribution < 1.29 is 19.1 Å². The molecule has 0 aliphatic carbocycles. The van der Waals surface area contributed by atoms with Gasteiger partial charge in [0.15, 0.2) is 16.7 Å². The highest BCUT2D eigenvalue weighted by molar-refractivity contribution is 8.18. The molecule has 1 heterocycles. The number of hydrogen-bond donors (Lipinski definition) is 1. The minimum Gasteiger partial charge on any atom is -0.490 e. The summed E-state index contributed by atoms with van der Waals surface area (Å²) in [5.41, 5.74) is 1.75. The molecule has 1 aliphatic heterocycles. The van der Waals surface area contributed by atoms with E-state index in [0.29, 0.717) is 34.6 Å². The third-order valence-corrected chi connectivity index (χ3v) is 4.93. The molecular weight excluding hydrogens is 412 g/mol. The fourth-order valence-electron chi connectivity index (χ4n) is 2.51. The number of carbonyl (C=O) groups is 2. The molecule has 1 aliphatic rings. The Kier molecular flexibility index (Phi) is 6.95. The van der Waals surface area contributed by atoms with E-state index in [9.17, 15) is 9.59 Å². The Morgan fingerprint density at radius 1 is 1.17 bits per heavy atom. The lowest BCUT2D eigenvalue weighted by Crippen LogP contribution is -2.23. The molecule has 8 heteroatoms. The van der Waals surface area contributed by atoms with Crippen molar-refractivity contribution in [1.82, 2.24) is 5.32 Å². The Morgan fingerprint density at radius 3 is 2.62 bits per heavy atom. The molecule has 0 radical (unpaired) electrons. The van der Waals surface area contributed by atoms with Gasteiger partial charge < -0.3 is 14.8 Å². The second-order valence-corrected chi connectivity index (χ2v) is 7.54. The first kappa shape index (κ1) is 21.0. The number of ether oxygens (including phenoxy) is 2. The lowest BCUT2D eigenvalue weighted by atomic mass is 10.2. The Labute approximate surface area is 177 Å². The third-order valence-electron chi connectivity index (χ3n) is 3.78. The minimum absolute atomic E-state index is 0.272. The van der Waals surface area contributed by atoms with Crippen LogP contribution >= 0.6 is 23.4 Å². The number of amides is 2. The van der Waals surface area contributed by atoms with Gasteiger partial charge in [-0.25, -0.2) is 0 Å². The zero-order valence-electron chi connectivity index (χ0n) is 15.9. The van der Waals surface area contributed by atoms with Gasteiger partial charge in [-0.05, 0) is 60.2 Å². The van der Waals surface area contributed by atoms with Crippen molar-refractivity contribution in [3.8, 4) is 11.5 Å². The van der Waals surface area contributed by atoms with Gasteiger partial charge in [0.05, 0.1) is 11.5 Å². The number of thioether (sulfide) groups is 1. The van der Waals surface area contributed by atoms with Crippen molar-refractivity contribution >= 4 is 46.4 Å². The molecule has 0 saturated carbocycles. The topological polar surface area (TPSA) is 77.0 Å². The van der Waals surface area contributed by atoms with Crippen LogP contribution in [0, 0.1) is 0 Å². The zero-order valence-corrected chi connectivity index (χ0v) is 17.5. The van der Waals surface area contributed by atoms with Crippen LogP contribution < -0.4 is 14.8 Å². The molecule has 2 aromatic rings. The Bertz CT molecular complexity index is 987. The number of benzene rings is 2. The first-order chi connectivity index (χ1) is 13.9. The van der Waals surface area contributed by atoms with Gasteiger partial charge in [-0.15, -0.1) is 0 Å². The zero-order chi connectivity index (χ0) is 20.8. The van der Waals surface area contributed by atoms with Crippen molar-refractivity contribution in [1.29, 1.82) is 0 Å². The van der Waals surface area contributed by atoms with Gasteiger partial charge in [0.2, 0.25) is 5.91 Å². The second kappa shape index (κ2) is 9.62. The standard InChI is InChI=1S/C21H19ClN2O4S/c1-3-27-18-10-15(11-19-20(26)24-21(29-19)23-13(2)25)6-9-17(18)28-12-14-4-7-16(22)8-5-14/h4-11H,3,12H2,1-2H3,(H,23,24,25,26)/b19-11-. The highest BCUT2D eigenvalue weighted by Crippen LogP contribution is 2.33. The molecule has 150 valence electrons. The Hall–Kier alpha value is -2.77. The molecule has 1 N–H and O–H groups in total. The van der Waals surface area contributed by atoms with E-state index in [-0.39, 0.29) is 17.0 Å². The number of halogens is 1. The van der Waals surface area contributed by atoms with E-state index >= 15 is 0 Å². The number of rotatable bonds is 6. The quantitative estimate of drug-likeness (QED) is 0.686. The second-order valence-electron chi connectivity index (χ2n) is 6.07. The lowest BCUT2D eigenvalue weighted by molar-refractivity contribution is -0.117. The van der Waals surface area contributed by atoms with E-state index in [4.69, 9.17) is 21.1 Å². The summed E-state index contributed by atoms with van der Waals surface area (Å²) < 4.78 is 11.6. The van der Waals surface area contributed by atoms with Crippen LogP contribution in [-0.2, 0) is 16.2 Å². The maximum absolute atomic E-state index is 12.0. The van der Waals surface area contributed by atoms with Crippen molar-refractivity contribution in [2.45, 2.75) is 20.5 Å². The summed E-state index contributed by atoms with van der Waals surface area (Å²) in [7, 11) is 0. The number of amidine groups is 1. The molecule has 0 atom stereocenters. The molecule has 0 unspecified atom stereocenters. The maximum Gasteiger partial charge on any atom is 0.286 e. The highest BCUT2D eigenvalue weighted by Gasteiger charge is 2.22. The average Bonchev–Trinajstić information content (AvgIpc) is 3.01. The number of hydrogen-bond acceptors (Lipinski definition) is 5. The van der Waals surface area contributed by atoms with Crippen molar-refractivity contribution in [3.63, 3.8) is 0 Å². The number of nitrogens with one attached hydrogen (secondary N) is 1. The van der Waals surface area contributed by atoms with E-state index in [1.807, 2.05) is 37.3 Å². The van der Waals surface area contributed by atoms with Crippen LogP contribution in [0.4, 0.5) is 0 Å². The number of carbonyl (C=O) groups excluding carboxylic acids is 2. The summed E-state index contributed by atoms with van der Waals surface area (Å²) in [6.07, 6.45) is 1.71. The smallest absolute Gasteiger partial charge is 0.286 e. The van der Waals surface area contributed by atoms with E-state index in [1.54, 1.807) is 18.2 Å². The first-order valence-corrected chi connectivity index (χ1v) is 10.1. The van der Waals surface area contributed by atoms with Crippen LogP contribution in [0.1, 0.15) is 25.0 Å². The summed E-state index contributed by atoms with van der Waals surface area (Å²) in [6, 6.07) is 12.9. The lowest BCUT2D eigenvalue weighted by Gasteiger charge is -2.13. The van der Waals surface area contributed by atoms with Gasteiger partial charge in [-0.3, -0.25) is 9.59 Å². The number of aliphatic imine (C=N–C) groups is 1. The SMILES string of the molecule is CCOc1cc(/C=C2\SC(NC(C)=O)=NC2=O)ccc1OCc1ccc(Cl)cc1. The molecule has 6 nitrogen and oxygen atoms in total. The molecule has 0 saturated heterocycles. The van der Waals surface area contributed by atoms with Crippen LogP contribution in [0.5, 0.6) is 11.5 Å². The normalized spacial score (nSPS) is 14.7. The molecule has 2 aromatic carbocycles. The van der Waals surface area contributed by atoms with Gasteiger partial charge in [-0.1, -0.05) is 29.8 Å². The molecule has 0 aromatic heterocycles. The number of nitrogens with zero attached hydrogens (tertiary/aromatic N) is 1. The third kappa shape index (κ3) is 5.85. The van der Waals surface area contributed by atoms with Crippen LogP contribution in [0.2, 0.25) is 5.02 Å². The predicted molar refractivity (Wildman–Crippen MR) is 115 cm³/mol. The monoisotopic (exact) mass is 430 g/mol. The van der Waals surface area contributed by atoms with Crippen LogP contribution in [-0.4, -0.2) is 23.6 Å². The summed E-state index contributed by atoms with van der Waals surface area (Å²) in [4.78, 5) is 27.4. The molecule has 0 bridgehead atoms. The van der Waals surface area contributed by atoms with Crippen LogP contribution in [0.3, 0.4) is 0 Å². The summed E-state index contributed by atoms with van der Waals surface area (Å²) in [5, 5.41) is 3.48. The van der Waals surface area contributed by atoms with Gasteiger partial charge in [-0.2, -0.15) is 4.99 Å². The van der Waals surface area contributed by atoms with Gasteiger partial charge >= 0.3 is 0 Å². The van der Waals surface area contributed by atoms with Crippen molar-refractivity contribution in [2.24, 2.45) is 4.99 Å². The van der Waals surface area contributed by atoms with Crippen molar-refractivity contribution in [2.75, 3.05) is 6.61 Å². The average molecular weight is 431 g/mol. The molecule has 29 heavy (non-hydrogen) atoms. The molecular formula is C21H19ClN2O4S. The van der Waals surface area contributed by atoms with E-state index in [1.165, 1.54) is 6.92 Å². The molecule has 2 amide bonds. The fourth-order valence-corrected chi connectivity index (χ4v) is 3.49. The predicted octanol–water partition coefficient (Wildman–Crippen LogP) is 4.42. The van der Waals surface area contributed by atoms with Crippen LogP contribution in [0.15, 0.2) is 52.4 Å². The van der Waals surface area contributed by atoms with Crippen molar-refractivity contribution in [3.05, 3.63) is 63.5 Å². The highest BCUT2D eigenvalue weighted by atomic mass is 35.5. The maximum atomic E-state index is 12.0. The molecule has 0 spiro atoms. The van der Waals surface area contributed by atoms with E-state index < -0.39 is 0 Å². The molecule has 0 fully saturated rings. The summed E-state index contributed by atoms with van der Waals surface area (Å²) in [6.45, 7) is 4.10. The molecule has 3 rings (SSSR count). The van der Waals surface area contributed by atoms with Gasteiger partial charge in [0.25, 0.3) is 5.91 Å². The Morgan fingerprint density at radius 2 is 1.93 bits per heavy atom. The van der Waals surface area contributed by atoms with E-state index in [0.717, 1.165) is 22.9 Å². The van der Waals surface area contributed by atoms with Gasteiger partial charge in [0.1, 0.15) is 6.61 Å². The van der Waals surface area contributed by atoms with Crippen LogP contribution in [0.25, 0.3) is 6.08 Å². The van der Waals surface area contributed by atoms with Gasteiger partial charge in [0, 0.05) is 11.9 Å². The first-order valence-electron chi connectivity index (χ1n) is 8.89. The van der Waals surface area contributed by atoms with E-state index in [2.05, 4.69) is 10.3 Å². The Balaban J connectivity index is 1.74.